The lowest BCUT2D eigenvalue weighted by molar-refractivity contribution is 0.103. The lowest BCUT2D eigenvalue weighted by atomic mass is 10.0. The quantitative estimate of drug-likeness (QED) is 0.526. The van der Waals surface area contributed by atoms with Crippen molar-refractivity contribution in [2.24, 2.45) is 0 Å². The fourth-order valence-electron chi connectivity index (χ4n) is 2.03. The van der Waals surface area contributed by atoms with E-state index in [-0.39, 0.29) is 5.78 Å². The summed E-state index contributed by atoms with van der Waals surface area (Å²) >= 11 is 11.9. The molecule has 0 atom stereocenters. The third kappa shape index (κ3) is 5.38. The van der Waals surface area contributed by atoms with Gasteiger partial charge in [-0.15, -0.1) is 0 Å². The summed E-state index contributed by atoms with van der Waals surface area (Å²) in [5.74, 6) is 0.567. The van der Waals surface area contributed by atoms with Crippen LogP contribution in [-0.4, -0.2) is 37.9 Å². The summed E-state index contributed by atoms with van der Waals surface area (Å²) in [5.41, 5.74) is 0.982. The molecule has 2 rings (SSSR count). The van der Waals surface area contributed by atoms with Crippen LogP contribution in [0.3, 0.4) is 0 Å². The van der Waals surface area contributed by atoms with Gasteiger partial charge in [-0.25, -0.2) is 0 Å². The van der Waals surface area contributed by atoms with Crippen molar-refractivity contribution in [1.29, 1.82) is 0 Å². The minimum atomic E-state index is -0.144. The first-order valence-corrected chi connectivity index (χ1v) is 8.25. The molecule has 126 valence electrons. The topological polar surface area (TPSA) is 29.5 Å². The van der Waals surface area contributed by atoms with E-state index in [4.69, 9.17) is 27.9 Å². The van der Waals surface area contributed by atoms with Gasteiger partial charge in [-0.05, 0) is 56.6 Å². The number of benzene rings is 2. The summed E-state index contributed by atoms with van der Waals surface area (Å²) in [6.07, 6.45) is 4.01. The van der Waals surface area contributed by atoms with E-state index < -0.39 is 0 Å². The number of carbonyl (C=O) groups is 1. The van der Waals surface area contributed by atoms with E-state index in [0.717, 1.165) is 6.54 Å². The maximum absolute atomic E-state index is 12.5. The molecule has 2 aromatic carbocycles. The minimum Gasteiger partial charge on any atom is -0.490 e. The van der Waals surface area contributed by atoms with Gasteiger partial charge in [-0.2, -0.15) is 0 Å². The number of hydrogen-bond donors (Lipinski definition) is 0. The van der Waals surface area contributed by atoms with Gasteiger partial charge in [-0.3, -0.25) is 4.79 Å². The van der Waals surface area contributed by atoms with Gasteiger partial charge in [0.1, 0.15) is 12.4 Å². The average molecular weight is 364 g/mol. The maximum atomic E-state index is 12.5. The number of ketones is 1. The zero-order valence-corrected chi connectivity index (χ0v) is 15.1. The summed E-state index contributed by atoms with van der Waals surface area (Å²) in [7, 11) is 4.02. The highest BCUT2D eigenvalue weighted by molar-refractivity contribution is 6.37. The highest BCUT2D eigenvalue weighted by Crippen LogP contribution is 2.24. The number of halogens is 2. The number of likely N-dealkylation sites (N-methyl/N-ethyl adjacent to an activating group) is 1. The van der Waals surface area contributed by atoms with Crippen LogP contribution in [0.2, 0.25) is 10.0 Å². The molecule has 0 unspecified atom stereocenters. The Bertz CT molecular complexity index is 725. The summed E-state index contributed by atoms with van der Waals surface area (Å²) < 4.78 is 5.61. The molecule has 0 saturated heterocycles. The van der Waals surface area contributed by atoms with Crippen molar-refractivity contribution in [3.05, 3.63) is 75.8 Å². The molecule has 3 nitrogen and oxygen atoms in total. The summed E-state index contributed by atoms with van der Waals surface area (Å²) in [4.78, 5) is 14.5. The molecule has 0 heterocycles. The number of nitrogens with zero attached hydrogens (tertiary/aromatic N) is 1. The van der Waals surface area contributed by atoms with Crippen LogP contribution >= 0.6 is 23.2 Å². The molecular weight excluding hydrogens is 345 g/mol. The number of ether oxygens (including phenoxy) is 1. The van der Waals surface area contributed by atoms with E-state index in [1.54, 1.807) is 42.5 Å². The fraction of sp³-hybridized carbons (Fsp3) is 0.211. The van der Waals surface area contributed by atoms with Gasteiger partial charge in [0, 0.05) is 22.7 Å². The smallest absolute Gasteiger partial charge is 0.194 e. The van der Waals surface area contributed by atoms with Crippen LogP contribution in [0.5, 0.6) is 5.75 Å². The first kappa shape index (κ1) is 18.5. The van der Waals surface area contributed by atoms with Gasteiger partial charge in [0.2, 0.25) is 0 Å². The first-order valence-electron chi connectivity index (χ1n) is 7.49. The lowest BCUT2D eigenvalue weighted by Gasteiger charge is -2.07. The largest absolute Gasteiger partial charge is 0.490 e. The molecule has 0 aliphatic heterocycles. The molecule has 0 radical (unpaired) electrons. The van der Waals surface area contributed by atoms with Crippen LogP contribution < -0.4 is 4.74 Å². The zero-order valence-electron chi connectivity index (χ0n) is 13.6. The molecule has 24 heavy (non-hydrogen) atoms. The normalized spacial score (nSPS) is 11.2. The molecule has 0 aliphatic carbocycles. The van der Waals surface area contributed by atoms with Gasteiger partial charge in [-0.1, -0.05) is 35.4 Å². The predicted molar refractivity (Wildman–Crippen MR) is 99.5 cm³/mol. The summed E-state index contributed by atoms with van der Waals surface area (Å²) in [6.45, 7) is 1.36. The van der Waals surface area contributed by atoms with Crippen molar-refractivity contribution >= 4 is 29.0 Å². The van der Waals surface area contributed by atoms with Gasteiger partial charge in [0.15, 0.2) is 5.78 Å². The highest BCUT2D eigenvalue weighted by atomic mass is 35.5. The Kier molecular flexibility index (Phi) is 6.85. The Hall–Kier alpha value is -1.81. The average Bonchev–Trinajstić information content (AvgIpc) is 2.54. The van der Waals surface area contributed by atoms with E-state index in [1.165, 1.54) is 0 Å². The van der Waals surface area contributed by atoms with Crippen molar-refractivity contribution < 1.29 is 9.53 Å². The van der Waals surface area contributed by atoms with E-state index >= 15 is 0 Å². The van der Waals surface area contributed by atoms with Gasteiger partial charge < -0.3 is 9.64 Å². The van der Waals surface area contributed by atoms with Crippen LogP contribution in [0.15, 0.2) is 54.6 Å². The minimum absolute atomic E-state index is 0.144. The van der Waals surface area contributed by atoms with Gasteiger partial charge >= 0.3 is 0 Å². The Morgan fingerprint density at radius 1 is 1.08 bits per heavy atom. The number of rotatable bonds is 7. The van der Waals surface area contributed by atoms with Crippen molar-refractivity contribution in [3.63, 3.8) is 0 Å². The molecule has 0 aromatic heterocycles. The molecule has 0 aliphatic rings. The highest BCUT2D eigenvalue weighted by Gasteiger charge is 2.13. The SMILES string of the molecule is CN(C)C/C=C/COc1ccc(C(=O)c2ccc(Cl)cc2Cl)cc1. The molecule has 0 bridgehead atoms. The second-order valence-electron chi connectivity index (χ2n) is 5.52. The van der Waals surface area contributed by atoms with Crippen molar-refractivity contribution in [2.45, 2.75) is 0 Å². The Balaban J connectivity index is 1.98. The van der Waals surface area contributed by atoms with Crippen LogP contribution in [-0.2, 0) is 0 Å². The number of hydrogen-bond acceptors (Lipinski definition) is 3. The maximum Gasteiger partial charge on any atom is 0.194 e. The molecule has 0 fully saturated rings. The van der Waals surface area contributed by atoms with Crippen molar-refractivity contribution in [2.75, 3.05) is 27.2 Å². The summed E-state index contributed by atoms with van der Waals surface area (Å²) in [5, 5.41) is 0.849. The lowest BCUT2D eigenvalue weighted by Crippen LogP contribution is -2.10. The zero-order chi connectivity index (χ0) is 17.5. The second kappa shape index (κ2) is 8.88. The molecule has 5 heteroatoms. The third-order valence-electron chi connectivity index (χ3n) is 3.28. The Morgan fingerprint density at radius 2 is 1.79 bits per heavy atom. The monoisotopic (exact) mass is 363 g/mol. The Labute approximate surface area is 152 Å². The fourth-order valence-corrected chi connectivity index (χ4v) is 2.52. The molecule has 0 N–H and O–H groups in total. The molecule has 0 saturated carbocycles. The molecule has 0 amide bonds. The van der Waals surface area contributed by atoms with Gasteiger partial charge in [0.05, 0.1) is 5.02 Å². The molecular formula is C19H19Cl2NO2. The Morgan fingerprint density at radius 3 is 2.42 bits per heavy atom. The molecule has 2 aromatic rings. The second-order valence-corrected chi connectivity index (χ2v) is 6.37. The molecule has 0 spiro atoms. The van der Waals surface area contributed by atoms with Crippen LogP contribution in [0, 0.1) is 0 Å². The summed E-state index contributed by atoms with van der Waals surface area (Å²) in [6, 6.07) is 11.9. The van der Waals surface area contributed by atoms with Crippen LogP contribution in [0.25, 0.3) is 0 Å². The first-order chi connectivity index (χ1) is 11.5. The van der Waals surface area contributed by atoms with Gasteiger partial charge in [0.25, 0.3) is 0 Å². The van der Waals surface area contributed by atoms with E-state index in [9.17, 15) is 4.79 Å². The standard InChI is InChI=1S/C19H19Cl2NO2/c1-22(2)11-3-4-12-24-16-8-5-14(6-9-16)19(23)17-10-7-15(20)13-18(17)21/h3-10,13H,11-12H2,1-2H3/b4-3+. The van der Waals surface area contributed by atoms with Crippen LogP contribution in [0.1, 0.15) is 15.9 Å². The van der Waals surface area contributed by atoms with E-state index in [1.807, 2.05) is 26.2 Å². The predicted octanol–water partition coefficient (Wildman–Crippen LogP) is 4.72. The van der Waals surface area contributed by atoms with Crippen LogP contribution in [0.4, 0.5) is 0 Å². The third-order valence-corrected chi connectivity index (χ3v) is 3.82. The van der Waals surface area contributed by atoms with Crippen molar-refractivity contribution in [3.8, 4) is 5.75 Å². The van der Waals surface area contributed by atoms with E-state index in [2.05, 4.69) is 4.90 Å². The van der Waals surface area contributed by atoms with E-state index in [0.29, 0.717) is 33.5 Å². The number of carbonyl (C=O) groups excluding carboxylic acids is 1. The van der Waals surface area contributed by atoms with Crippen molar-refractivity contribution in [1.82, 2.24) is 4.90 Å².